The van der Waals surface area contributed by atoms with Gasteiger partial charge in [-0.15, -0.1) is 0 Å². The number of hydrogen-bond acceptors (Lipinski definition) is 4. The Balaban J connectivity index is 1.96. The number of benzene rings is 1. The van der Waals surface area contributed by atoms with Crippen molar-refractivity contribution in [1.82, 2.24) is 14.3 Å². The van der Waals surface area contributed by atoms with Crippen molar-refractivity contribution in [2.24, 2.45) is 0 Å². The highest BCUT2D eigenvalue weighted by molar-refractivity contribution is 7.89. The van der Waals surface area contributed by atoms with E-state index in [4.69, 9.17) is 11.6 Å². The van der Waals surface area contributed by atoms with Gasteiger partial charge in [0.15, 0.2) is 0 Å². The van der Waals surface area contributed by atoms with E-state index in [1.54, 1.807) is 24.4 Å². The Morgan fingerprint density at radius 1 is 1.29 bits per heavy atom. The topological polar surface area (TPSA) is 63.2 Å². The molecule has 0 aliphatic carbocycles. The van der Waals surface area contributed by atoms with Crippen molar-refractivity contribution in [2.75, 3.05) is 6.54 Å². The maximum absolute atomic E-state index is 12.7. The van der Waals surface area contributed by atoms with Crippen molar-refractivity contribution in [1.29, 1.82) is 0 Å². The van der Waals surface area contributed by atoms with Crippen LogP contribution in [0.25, 0.3) is 0 Å². The van der Waals surface area contributed by atoms with Crippen LogP contribution < -0.4 is 0 Å². The summed E-state index contributed by atoms with van der Waals surface area (Å²) in [6.45, 7) is 2.51. The number of fused-ring (bicyclic) bond motifs is 1. The van der Waals surface area contributed by atoms with Crippen molar-refractivity contribution in [3.05, 3.63) is 52.6 Å². The quantitative estimate of drug-likeness (QED) is 0.850. The lowest BCUT2D eigenvalue weighted by Crippen LogP contribution is -2.36. The predicted octanol–water partition coefficient (Wildman–Crippen LogP) is 2.19. The van der Waals surface area contributed by atoms with Gasteiger partial charge >= 0.3 is 0 Å². The molecule has 0 radical (unpaired) electrons. The molecule has 7 heteroatoms. The molecule has 2 heterocycles. The third kappa shape index (κ3) is 2.66. The zero-order chi connectivity index (χ0) is 15.0. The van der Waals surface area contributed by atoms with E-state index in [0.717, 1.165) is 11.3 Å². The van der Waals surface area contributed by atoms with Crippen LogP contribution in [-0.4, -0.2) is 29.2 Å². The maximum atomic E-state index is 12.7. The minimum absolute atomic E-state index is 0.142. The predicted molar refractivity (Wildman–Crippen MR) is 79.5 cm³/mol. The molecular weight excluding hydrogens is 310 g/mol. The van der Waals surface area contributed by atoms with Gasteiger partial charge in [-0.25, -0.2) is 18.4 Å². The summed E-state index contributed by atoms with van der Waals surface area (Å²) >= 11 is 6.02. The normalized spacial score (nSPS) is 15.7. The highest BCUT2D eigenvalue weighted by Gasteiger charge is 2.30. The highest BCUT2D eigenvalue weighted by atomic mass is 35.5. The van der Waals surface area contributed by atoms with Crippen LogP contribution in [0.3, 0.4) is 0 Å². The van der Waals surface area contributed by atoms with E-state index in [9.17, 15) is 8.42 Å². The van der Waals surface area contributed by atoms with Crippen LogP contribution >= 0.6 is 11.6 Å². The van der Waals surface area contributed by atoms with E-state index in [1.165, 1.54) is 10.4 Å². The molecule has 110 valence electrons. The van der Waals surface area contributed by atoms with Gasteiger partial charge in [-0.3, -0.25) is 0 Å². The molecule has 0 N–H and O–H groups in total. The fourth-order valence-corrected chi connectivity index (χ4v) is 4.30. The lowest BCUT2D eigenvalue weighted by molar-refractivity contribution is 0.386. The fourth-order valence-electron chi connectivity index (χ4n) is 2.39. The summed E-state index contributed by atoms with van der Waals surface area (Å²) in [5.74, 6) is 0.705. The summed E-state index contributed by atoms with van der Waals surface area (Å²) in [7, 11) is -3.60. The molecule has 1 aliphatic rings. The van der Waals surface area contributed by atoms with Crippen molar-refractivity contribution in [2.45, 2.75) is 24.8 Å². The van der Waals surface area contributed by atoms with Crippen molar-refractivity contribution in [3.63, 3.8) is 0 Å². The van der Waals surface area contributed by atoms with E-state index in [2.05, 4.69) is 9.97 Å². The van der Waals surface area contributed by atoms with Gasteiger partial charge in [0.05, 0.1) is 5.02 Å². The average molecular weight is 324 g/mol. The van der Waals surface area contributed by atoms with E-state index >= 15 is 0 Å². The summed E-state index contributed by atoms with van der Waals surface area (Å²) in [6, 6.07) is 6.49. The van der Waals surface area contributed by atoms with Crippen LogP contribution in [0.5, 0.6) is 0 Å². The number of hydrogen-bond donors (Lipinski definition) is 0. The summed E-state index contributed by atoms with van der Waals surface area (Å²) in [5.41, 5.74) is 1.77. The third-order valence-corrected chi connectivity index (χ3v) is 5.82. The molecule has 0 spiro atoms. The first-order chi connectivity index (χ1) is 9.98. The minimum atomic E-state index is -3.60. The molecule has 3 rings (SSSR count). The molecule has 0 bridgehead atoms. The summed E-state index contributed by atoms with van der Waals surface area (Å²) < 4.78 is 26.8. The lowest BCUT2D eigenvalue weighted by atomic mass is 10.1. The van der Waals surface area contributed by atoms with Gasteiger partial charge in [-0.05, 0) is 19.1 Å². The lowest BCUT2D eigenvalue weighted by Gasteiger charge is -2.27. The number of rotatable bonds is 2. The van der Waals surface area contributed by atoms with Crippen molar-refractivity contribution in [3.8, 4) is 0 Å². The summed E-state index contributed by atoms with van der Waals surface area (Å²) in [4.78, 5) is 8.64. The Labute approximate surface area is 128 Å². The van der Waals surface area contributed by atoms with Crippen LogP contribution in [0.4, 0.5) is 0 Å². The molecule has 5 nitrogen and oxygen atoms in total. The molecule has 0 unspecified atom stereocenters. The number of sulfonamides is 1. The standard InChI is InChI=1S/C14H14ClN3O2S/c1-10-16-8-11-9-18(7-6-13(11)17-10)21(19,20)14-5-3-2-4-12(14)15/h2-5,8H,6-7,9H2,1H3. The first-order valence-electron chi connectivity index (χ1n) is 6.54. The molecule has 1 aliphatic heterocycles. The molecule has 2 aromatic rings. The zero-order valence-electron chi connectivity index (χ0n) is 11.5. The third-order valence-electron chi connectivity index (χ3n) is 3.47. The molecule has 1 aromatic carbocycles. The molecule has 1 aromatic heterocycles. The van der Waals surface area contributed by atoms with Crippen molar-refractivity contribution < 1.29 is 8.42 Å². The van der Waals surface area contributed by atoms with Crippen LogP contribution in [-0.2, 0) is 23.0 Å². The Morgan fingerprint density at radius 2 is 2.05 bits per heavy atom. The second kappa shape index (κ2) is 5.36. The Morgan fingerprint density at radius 3 is 2.81 bits per heavy atom. The Kier molecular flexibility index (Phi) is 3.69. The van der Waals surface area contributed by atoms with Gasteiger partial charge in [0.25, 0.3) is 0 Å². The van der Waals surface area contributed by atoms with Gasteiger partial charge in [0.1, 0.15) is 10.7 Å². The highest BCUT2D eigenvalue weighted by Crippen LogP contribution is 2.27. The van der Waals surface area contributed by atoms with Gasteiger partial charge in [0.2, 0.25) is 10.0 Å². The second-order valence-corrected chi connectivity index (χ2v) is 7.22. The second-order valence-electron chi connectivity index (χ2n) is 4.91. The Hall–Kier alpha value is -1.50. The van der Waals surface area contributed by atoms with Crippen LogP contribution in [0.1, 0.15) is 17.1 Å². The van der Waals surface area contributed by atoms with E-state index in [-0.39, 0.29) is 16.5 Å². The van der Waals surface area contributed by atoms with Crippen LogP contribution in [0, 0.1) is 6.92 Å². The fraction of sp³-hybridized carbons (Fsp3) is 0.286. The van der Waals surface area contributed by atoms with Crippen molar-refractivity contribution >= 4 is 21.6 Å². The molecular formula is C14H14ClN3O2S. The summed E-state index contributed by atoms with van der Waals surface area (Å²) in [6.07, 6.45) is 2.29. The Bertz CT molecular complexity index is 793. The monoisotopic (exact) mass is 323 g/mol. The molecule has 0 saturated carbocycles. The van der Waals surface area contributed by atoms with Gasteiger partial charge in [0, 0.05) is 37.0 Å². The van der Waals surface area contributed by atoms with Gasteiger partial charge in [-0.2, -0.15) is 4.31 Å². The molecule has 0 atom stereocenters. The van der Waals surface area contributed by atoms with E-state index < -0.39 is 10.0 Å². The van der Waals surface area contributed by atoms with Crippen LogP contribution in [0.15, 0.2) is 35.4 Å². The first kappa shape index (κ1) is 14.4. The molecule has 21 heavy (non-hydrogen) atoms. The number of aryl methyl sites for hydroxylation is 1. The van der Waals surface area contributed by atoms with E-state index in [1.807, 2.05) is 6.92 Å². The smallest absolute Gasteiger partial charge is 0.241 e. The molecule has 0 fully saturated rings. The van der Waals surface area contributed by atoms with Gasteiger partial charge in [-0.1, -0.05) is 23.7 Å². The first-order valence-corrected chi connectivity index (χ1v) is 8.36. The SMILES string of the molecule is Cc1ncc2c(n1)CCN(S(=O)(=O)c1ccccc1Cl)C2. The van der Waals surface area contributed by atoms with Crippen LogP contribution in [0.2, 0.25) is 5.02 Å². The summed E-state index contributed by atoms with van der Waals surface area (Å²) in [5, 5.41) is 0.239. The largest absolute Gasteiger partial charge is 0.244 e. The minimum Gasteiger partial charge on any atom is -0.241 e. The zero-order valence-corrected chi connectivity index (χ0v) is 13.0. The maximum Gasteiger partial charge on any atom is 0.244 e. The number of halogens is 1. The van der Waals surface area contributed by atoms with E-state index in [0.29, 0.717) is 18.8 Å². The average Bonchev–Trinajstić information content (AvgIpc) is 2.47. The molecule has 0 saturated heterocycles. The van der Waals surface area contributed by atoms with Gasteiger partial charge < -0.3 is 0 Å². The number of aromatic nitrogens is 2. The number of nitrogens with zero attached hydrogens (tertiary/aromatic N) is 3. The molecule has 0 amide bonds.